The zero-order valence-electron chi connectivity index (χ0n) is 8.73. The number of carboxylic acid groups (broad SMARTS) is 1. The number of phenols is 1. The fourth-order valence-electron chi connectivity index (χ4n) is 1.55. The van der Waals surface area contributed by atoms with Gasteiger partial charge < -0.3 is 20.2 Å². The molecule has 0 saturated heterocycles. The number of aromatic amines is 2. The molecule has 0 radical (unpaired) electrons. The van der Waals surface area contributed by atoms with E-state index in [0.29, 0.717) is 12.1 Å². The minimum Gasteiger partial charge on any atom is -0.508 e. The third-order valence-corrected chi connectivity index (χ3v) is 2.54. The van der Waals surface area contributed by atoms with Crippen LogP contribution < -0.4 is 0 Å². The lowest BCUT2D eigenvalue weighted by molar-refractivity contribution is 0.0690. The number of H-pyrrole nitrogens is 2. The Hall–Kier alpha value is -2.08. The fourth-order valence-corrected chi connectivity index (χ4v) is 1.78. The van der Waals surface area contributed by atoms with Gasteiger partial charge in [0.15, 0.2) is 4.77 Å². The molecule has 0 saturated carbocycles. The molecule has 0 aliphatic heterocycles. The summed E-state index contributed by atoms with van der Waals surface area (Å²) in [6, 6.07) is 6.56. The highest BCUT2D eigenvalue weighted by molar-refractivity contribution is 7.71. The molecule has 2 rings (SSSR count). The Labute approximate surface area is 102 Å². The maximum Gasteiger partial charge on any atom is 0.354 e. The van der Waals surface area contributed by atoms with Gasteiger partial charge in [0, 0.05) is 6.42 Å². The number of carboxylic acids is 1. The summed E-state index contributed by atoms with van der Waals surface area (Å²) >= 11 is 4.86. The van der Waals surface area contributed by atoms with Gasteiger partial charge in [0.05, 0.1) is 5.69 Å². The summed E-state index contributed by atoms with van der Waals surface area (Å²) in [6.07, 6.45) is 0.412. The van der Waals surface area contributed by atoms with E-state index in [0.717, 1.165) is 5.56 Å². The molecule has 1 aromatic heterocycles. The van der Waals surface area contributed by atoms with Crippen molar-refractivity contribution in [2.45, 2.75) is 6.42 Å². The number of imidazole rings is 1. The average Bonchev–Trinajstić information content (AvgIpc) is 2.63. The summed E-state index contributed by atoms with van der Waals surface area (Å²) in [5, 5.41) is 18.1. The normalized spacial score (nSPS) is 10.4. The largest absolute Gasteiger partial charge is 0.508 e. The van der Waals surface area contributed by atoms with Crippen LogP contribution in [0, 0.1) is 4.77 Å². The summed E-state index contributed by atoms with van der Waals surface area (Å²) < 4.78 is 0.288. The first kappa shape index (κ1) is 11.4. The standard InChI is InChI=1S/C11H10N2O3S/c14-7-3-1-6(2-4-7)5-8-9(10(15)16)13-11(17)12-8/h1-4,14H,5H2,(H,15,16)(H2,12,13,17). The number of carbonyl (C=O) groups is 1. The Balaban J connectivity index is 2.32. The second-order valence-electron chi connectivity index (χ2n) is 3.58. The molecule has 0 fully saturated rings. The minimum absolute atomic E-state index is 0.0723. The van der Waals surface area contributed by atoms with Gasteiger partial charge >= 0.3 is 5.97 Å². The Morgan fingerprint density at radius 2 is 1.88 bits per heavy atom. The number of aromatic nitrogens is 2. The van der Waals surface area contributed by atoms with Gasteiger partial charge in [-0.05, 0) is 29.9 Å². The van der Waals surface area contributed by atoms with Gasteiger partial charge in [-0.3, -0.25) is 0 Å². The number of phenolic OH excluding ortho intramolecular Hbond substituents is 1. The third kappa shape index (κ3) is 2.54. The average molecular weight is 250 g/mol. The van der Waals surface area contributed by atoms with Crippen LogP contribution in [0.15, 0.2) is 24.3 Å². The molecule has 0 atom stereocenters. The number of nitrogens with one attached hydrogen (secondary N) is 2. The highest BCUT2D eigenvalue weighted by Crippen LogP contribution is 2.15. The van der Waals surface area contributed by atoms with Crippen LogP contribution in [0.5, 0.6) is 5.75 Å². The summed E-state index contributed by atoms with van der Waals surface area (Å²) in [5.41, 5.74) is 1.48. The quantitative estimate of drug-likeness (QED) is 0.628. The van der Waals surface area contributed by atoms with Crippen LogP contribution in [0.25, 0.3) is 0 Å². The van der Waals surface area contributed by atoms with E-state index in [9.17, 15) is 4.79 Å². The summed E-state index contributed by atoms with van der Waals surface area (Å²) in [6.45, 7) is 0. The molecule has 0 amide bonds. The zero-order valence-corrected chi connectivity index (χ0v) is 9.54. The number of benzene rings is 1. The van der Waals surface area contributed by atoms with Crippen molar-refractivity contribution in [2.75, 3.05) is 0 Å². The van der Waals surface area contributed by atoms with E-state index >= 15 is 0 Å². The van der Waals surface area contributed by atoms with Crippen LogP contribution in [0.4, 0.5) is 0 Å². The van der Waals surface area contributed by atoms with Crippen LogP contribution in [0.2, 0.25) is 0 Å². The van der Waals surface area contributed by atoms with Gasteiger partial charge in [-0.15, -0.1) is 0 Å². The number of rotatable bonds is 3. The molecule has 17 heavy (non-hydrogen) atoms. The smallest absolute Gasteiger partial charge is 0.354 e. The van der Waals surface area contributed by atoms with Crippen molar-refractivity contribution in [1.29, 1.82) is 0 Å². The third-order valence-electron chi connectivity index (χ3n) is 2.34. The van der Waals surface area contributed by atoms with Crippen molar-refractivity contribution < 1.29 is 15.0 Å². The molecule has 1 heterocycles. The first-order valence-corrected chi connectivity index (χ1v) is 5.29. The number of aromatic hydroxyl groups is 1. The molecular formula is C11H10N2O3S. The fraction of sp³-hybridized carbons (Fsp3) is 0.0909. The Morgan fingerprint density at radius 1 is 1.24 bits per heavy atom. The zero-order chi connectivity index (χ0) is 12.4. The summed E-state index contributed by atoms with van der Waals surface area (Å²) in [7, 11) is 0. The van der Waals surface area contributed by atoms with E-state index in [1.807, 2.05) is 0 Å². The SMILES string of the molecule is O=C(O)c1[nH]c(=S)[nH]c1Cc1ccc(O)cc1. The van der Waals surface area contributed by atoms with Crippen LogP contribution >= 0.6 is 12.2 Å². The lowest BCUT2D eigenvalue weighted by Gasteiger charge is -2.01. The van der Waals surface area contributed by atoms with Gasteiger partial charge in [-0.1, -0.05) is 12.1 Å². The van der Waals surface area contributed by atoms with E-state index in [1.54, 1.807) is 24.3 Å². The van der Waals surface area contributed by atoms with Crippen LogP contribution in [0.3, 0.4) is 0 Å². The highest BCUT2D eigenvalue weighted by Gasteiger charge is 2.13. The van der Waals surface area contributed by atoms with E-state index in [4.69, 9.17) is 22.4 Å². The minimum atomic E-state index is -1.05. The van der Waals surface area contributed by atoms with Gasteiger partial charge in [0.2, 0.25) is 0 Å². The number of aromatic carboxylic acids is 1. The highest BCUT2D eigenvalue weighted by atomic mass is 32.1. The monoisotopic (exact) mass is 250 g/mol. The second kappa shape index (κ2) is 4.42. The van der Waals surface area contributed by atoms with E-state index < -0.39 is 5.97 Å². The Morgan fingerprint density at radius 3 is 2.47 bits per heavy atom. The summed E-state index contributed by atoms with van der Waals surface area (Å²) in [5.74, 6) is -0.875. The summed E-state index contributed by atoms with van der Waals surface area (Å²) in [4.78, 5) is 16.3. The second-order valence-corrected chi connectivity index (χ2v) is 3.99. The van der Waals surface area contributed by atoms with Gasteiger partial charge in [0.1, 0.15) is 11.4 Å². The topological polar surface area (TPSA) is 89.1 Å². The van der Waals surface area contributed by atoms with Crippen molar-refractivity contribution in [1.82, 2.24) is 9.97 Å². The Kier molecular flexibility index (Phi) is 2.97. The van der Waals surface area contributed by atoms with Crippen molar-refractivity contribution in [3.05, 3.63) is 46.0 Å². The van der Waals surface area contributed by atoms with E-state index in [-0.39, 0.29) is 16.2 Å². The first-order valence-electron chi connectivity index (χ1n) is 4.88. The van der Waals surface area contributed by atoms with Gasteiger partial charge in [0.25, 0.3) is 0 Å². The predicted octanol–water partition coefficient (Wildman–Crippen LogP) is 2.07. The van der Waals surface area contributed by atoms with Crippen molar-refractivity contribution in [3.8, 4) is 5.75 Å². The molecule has 88 valence electrons. The van der Waals surface area contributed by atoms with Crippen LogP contribution in [-0.4, -0.2) is 26.2 Å². The molecule has 5 nitrogen and oxygen atoms in total. The molecule has 0 aliphatic carbocycles. The maximum absolute atomic E-state index is 10.9. The molecule has 0 aliphatic rings. The number of hydrogen-bond donors (Lipinski definition) is 4. The molecule has 1 aromatic carbocycles. The van der Waals surface area contributed by atoms with Gasteiger partial charge in [-0.2, -0.15) is 0 Å². The Bertz CT molecular complexity index is 598. The molecule has 0 bridgehead atoms. The number of hydrogen-bond acceptors (Lipinski definition) is 3. The van der Waals surface area contributed by atoms with Crippen molar-refractivity contribution in [3.63, 3.8) is 0 Å². The molecule has 6 heteroatoms. The van der Waals surface area contributed by atoms with Crippen molar-refractivity contribution >= 4 is 18.2 Å². The maximum atomic E-state index is 10.9. The lowest BCUT2D eigenvalue weighted by Crippen LogP contribution is -2.02. The molecule has 2 aromatic rings. The molecule has 0 spiro atoms. The van der Waals surface area contributed by atoms with Crippen LogP contribution in [0.1, 0.15) is 21.7 Å². The molecule has 4 N–H and O–H groups in total. The predicted molar refractivity (Wildman–Crippen MR) is 63.8 cm³/mol. The van der Waals surface area contributed by atoms with Gasteiger partial charge in [-0.25, -0.2) is 4.79 Å². The molecular weight excluding hydrogens is 240 g/mol. The van der Waals surface area contributed by atoms with E-state index in [2.05, 4.69) is 9.97 Å². The lowest BCUT2D eigenvalue weighted by atomic mass is 10.1. The molecule has 0 unspecified atom stereocenters. The van der Waals surface area contributed by atoms with E-state index in [1.165, 1.54) is 0 Å². The van der Waals surface area contributed by atoms with Crippen LogP contribution in [-0.2, 0) is 6.42 Å². The van der Waals surface area contributed by atoms with Crippen molar-refractivity contribution in [2.24, 2.45) is 0 Å². The first-order chi connectivity index (χ1) is 8.06.